The van der Waals surface area contributed by atoms with Crippen molar-refractivity contribution in [2.24, 2.45) is 0 Å². The lowest BCUT2D eigenvalue weighted by atomic mass is 10.1. The summed E-state index contributed by atoms with van der Waals surface area (Å²) in [5, 5.41) is 27.2. The van der Waals surface area contributed by atoms with Crippen molar-refractivity contribution >= 4 is 16.6 Å². The van der Waals surface area contributed by atoms with Crippen molar-refractivity contribution in [2.75, 3.05) is 5.32 Å². The highest BCUT2D eigenvalue weighted by Crippen LogP contribution is 2.22. The Labute approximate surface area is 103 Å². The van der Waals surface area contributed by atoms with Crippen molar-refractivity contribution in [3.63, 3.8) is 0 Å². The fourth-order valence-corrected chi connectivity index (χ4v) is 1.79. The highest BCUT2D eigenvalue weighted by atomic mass is 15.5. The largest absolute Gasteiger partial charge is 0.361 e. The molecule has 0 atom stereocenters. The van der Waals surface area contributed by atoms with Crippen LogP contribution in [-0.2, 0) is 6.54 Å². The lowest BCUT2D eigenvalue weighted by Crippen LogP contribution is -2.05. The highest BCUT2D eigenvalue weighted by Gasteiger charge is 2.06. The number of tetrazole rings is 1. The van der Waals surface area contributed by atoms with Crippen LogP contribution < -0.4 is 5.32 Å². The normalized spacial score (nSPS) is 10.7. The molecule has 3 aromatic rings. The maximum atomic E-state index is 4.16. The number of fused-ring (bicyclic) bond motifs is 1. The van der Waals surface area contributed by atoms with E-state index < -0.39 is 0 Å². The Morgan fingerprint density at radius 2 is 1.94 bits per heavy atom. The van der Waals surface area contributed by atoms with Gasteiger partial charge >= 0.3 is 0 Å². The van der Waals surface area contributed by atoms with Crippen LogP contribution in [0.5, 0.6) is 0 Å². The third-order valence-electron chi connectivity index (χ3n) is 2.68. The molecule has 90 valence electrons. The van der Waals surface area contributed by atoms with Crippen LogP contribution in [-0.4, -0.2) is 30.8 Å². The van der Waals surface area contributed by atoms with E-state index in [1.165, 1.54) is 0 Å². The van der Waals surface area contributed by atoms with Gasteiger partial charge in [0.05, 0.1) is 12.2 Å². The summed E-state index contributed by atoms with van der Waals surface area (Å²) in [6.45, 7) is 2.40. The molecule has 0 aliphatic heterocycles. The fourth-order valence-electron chi connectivity index (χ4n) is 1.79. The van der Waals surface area contributed by atoms with E-state index in [-0.39, 0.29) is 0 Å². The topological polar surface area (TPSA) is 92.3 Å². The van der Waals surface area contributed by atoms with Gasteiger partial charge in [0.25, 0.3) is 0 Å². The minimum Gasteiger partial charge on any atom is -0.361 e. The van der Waals surface area contributed by atoms with Crippen LogP contribution in [0.15, 0.2) is 24.3 Å². The van der Waals surface area contributed by atoms with Crippen molar-refractivity contribution in [1.82, 2.24) is 30.8 Å². The summed E-state index contributed by atoms with van der Waals surface area (Å²) >= 11 is 0. The van der Waals surface area contributed by atoms with E-state index >= 15 is 0 Å². The molecule has 1 aromatic carbocycles. The fraction of sp³-hybridized carbons (Fsp3) is 0.182. The summed E-state index contributed by atoms with van der Waals surface area (Å²) in [5.41, 5.74) is 0.913. The summed E-state index contributed by atoms with van der Waals surface area (Å²) in [7, 11) is 0. The molecule has 18 heavy (non-hydrogen) atoms. The summed E-state index contributed by atoms with van der Waals surface area (Å²) in [6, 6.07) is 8.00. The smallest absolute Gasteiger partial charge is 0.193 e. The molecule has 2 aromatic heterocycles. The molecule has 2 heterocycles. The molecule has 7 nitrogen and oxygen atoms in total. The number of aromatic nitrogens is 6. The first-order chi connectivity index (χ1) is 8.84. The van der Waals surface area contributed by atoms with E-state index in [4.69, 9.17) is 0 Å². The summed E-state index contributed by atoms with van der Waals surface area (Å²) < 4.78 is 0. The zero-order valence-corrected chi connectivity index (χ0v) is 9.75. The molecule has 0 spiro atoms. The van der Waals surface area contributed by atoms with Gasteiger partial charge in [0, 0.05) is 10.8 Å². The van der Waals surface area contributed by atoms with Gasteiger partial charge in [-0.25, -0.2) is 0 Å². The van der Waals surface area contributed by atoms with Crippen LogP contribution in [0, 0.1) is 6.92 Å². The number of hydrogen-bond donors (Lipinski definition) is 2. The lowest BCUT2D eigenvalue weighted by Gasteiger charge is -2.07. The Bertz CT molecular complexity index is 662. The van der Waals surface area contributed by atoms with Crippen LogP contribution in [0.1, 0.15) is 11.5 Å². The number of benzene rings is 1. The molecule has 3 rings (SSSR count). The average Bonchev–Trinajstić information content (AvgIpc) is 2.92. The van der Waals surface area contributed by atoms with Crippen LogP contribution in [0.4, 0.5) is 5.82 Å². The van der Waals surface area contributed by atoms with E-state index in [1.54, 1.807) is 0 Å². The molecule has 0 radical (unpaired) electrons. The van der Waals surface area contributed by atoms with Gasteiger partial charge in [-0.1, -0.05) is 29.5 Å². The molecule has 0 fully saturated rings. The number of aromatic amines is 1. The minimum absolute atomic E-state index is 0.457. The number of hydrogen-bond acceptors (Lipinski definition) is 6. The number of nitrogens with zero attached hydrogens (tertiary/aromatic N) is 5. The first kappa shape index (κ1) is 10.6. The molecule has 0 saturated carbocycles. The second-order valence-electron chi connectivity index (χ2n) is 3.86. The van der Waals surface area contributed by atoms with Crippen LogP contribution in [0.3, 0.4) is 0 Å². The maximum absolute atomic E-state index is 4.16. The van der Waals surface area contributed by atoms with Crippen molar-refractivity contribution < 1.29 is 0 Å². The highest BCUT2D eigenvalue weighted by molar-refractivity contribution is 5.92. The predicted molar refractivity (Wildman–Crippen MR) is 65.8 cm³/mol. The van der Waals surface area contributed by atoms with Crippen LogP contribution in [0.25, 0.3) is 10.8 Å². The first-order valence-electron chi connectivity index (χ1n) is 5.53. The molecular weight excluding hydrogens is 230 g/mol. The monoisotopic (exact) mass is 241 g/mol. The summed E-state index contributed by atoms with van der Waals surface area (Å²) in [5.74, 6) is 1.31. The van der Waals surface area contributed by atoms with Crippen molar-refractivity contribution in [3.8, 4) is 0 Å². The minimum atomic E-state index is 0.457. The van der Waals surface area contributed by atoms with Crippen LogP contribution >= 0.6 is 0 Å². The Hall–Kier alpha value is -2.57. The van der Waals surface area contributed by atoms with E-state index in [9.17, 15) is 0 Å². The third kappa shape index (κ3) is 1.86. The summed E-state index contributed by atoms with van der Waals surface area (Å²) in [6.07, 6.45) is 0. The van der Waals surface area contributed by atoms with E-state index in [2.05, 4.69) is 36.1 Å². The number of nitrogens with one attached hydrogen (secondary N) is 2. The molecule has 7 heteroatoms. The van der Waals surface area contributed by atoms with Crippen molar-refractivity contribution in [2.45, 2.75) is 13.5 Å². The second-order valence-corrected chi connectivity index (χ2v) is 3.86. The Morgan fingerprint density at radius 3 is 2.72 bits per heavy atom. The molecule has 2 N–H and O–H groups in total. The predicted octanol–water partition coefficient (Wildman–Crippen LogP) is 1.06. The summed E-state index contributed by atoms with van der Waals surface area (Å²) in [4.78, 5) is 0. The van der Waals surface area contributed by atoms with Gasteiger partial charge in [0.1, 0.15) is 0 Å². The third-order valence-corrected chi connectivity index (χ3v) is 2.68. The van der Waals surface area contributed by atoms with Gasteiger partial charge in [-0.05, 0) is 6.92 Å². The van der Waals surface area contributed by atoms with Gasteiger partial charge in [-0.2, -0.15) is 10.3 Å². The molecule has 0 aliphatic carbocycles. The number of H-pyrrole nitrogens is 1. The Kier molecular flexibility index (Phi) is 2.56. The quantitative estimate of drug-likeness (QED) is 0.712. The molecule has 0 amide bonds. The Morgan fingerprint density at radius 1 is 1.11 bits per heavy atom. The zero-order valence-electron chi connectivity index (χ0n) is 9.75. The van der Waals surface area contributed by atoms with Crippen molar-refractivity contribution in [1.29, 1.82) is 0 Å². The van der Waals surface area contributed by atoms with Gasteiger partial charge < -0.3 is 5.32 Å². The number of aryl methyl sites for hydroxylation is 1. The van der Waals surface area contributed by atoms with Crippen LogP contribution in [0.2, 0.25) is 0 Å². The average molecular weight is 241 g/mol. The van der Waals surface area contributed by atoms with Crippen molar-refractivity contribution in [3.05, 3.63) is 35.8 Å². The van der Waals surface area contributed by atoms with E-state index in [0.29, 0.717) is 12.4 Å². The maximum Gasteiger partial charge on any atom is 0.193 e. The first-order valence-corrected chi connectivity index (χ1v) is 5.53. The number of anilines is 1. The molecule has 0 bridgehead atoms. The molecule has 0 saturated heterocycles. The molecular formula is C11H11N7. The number of rotatable bonds is 3. The van der Waals surface area contributed by atoms with Gasteiger partial charge in [0.15, 0.2) is 11.6 Å². The molecule has 0 unspecified atom stereocenters. The van der Waals surface area contributed by atoms with Gasteiger partial charge in [0.2, 0.25) is 0 Å². The van der Waals surface area contributed by atoms with E-state index in [1.807, 2.05) is 31.2 Å². The lowest BCUT2D eigenvalue weighted by molar-refractivity contribution is 0.881. The van der Waals surface area contributed by atoms with E-state index in [0.717, 1.165) is 22.3 Å². The zero-order chi connectivity index (χ0) is 12.4. The van der Waals surface area contributed by atoms with Gasteiger partial charge in [-0.15, -0.1) is 15.3 Å². The SMILES string of the molecule is Cc1nnc(NCc2nn[nH]n2)c2ccccc12. The Balaban J connectivity index is 1.94. The second kappa shape index (κ2) is 4.36. The molecule has 0 aliphatic rings. The van der Waals surface area contributed by atoms with Gasteiger partial charge in [-0.3, -0.25) is 0 Å². The standard InChI is InChI=1S/C11H11N7/c1-7-8-4-2-3-5-9(8)11(16-13-7)12-6-10-14-17-18-15-10/h2-5H,6H2,1H3,(H,12,16)(H,14,15,17,18).